The number of halogens is 3. The third-order valence-corrected chi connectivity index (χ3v) is 9.02. The molecule has 2 aromatic carbocycles. The highest BCUT2D eigenvalue weighted by molar-refractivity contribution is 5.80. The number of para-hydroxylation sites is 1. The van der Waals surface area contributed by atoms with Gasteiger partial charge in [-0.2, -0.15) is 13.2 Å². The van der Waals surface area contributed by atoms with Crippen LogP contribution >= 0.6 is 0 Å². The van der Waals surface area contributed by atoms with Gasteiger partial charge in [-0.25, -0.2) is 4.98 Å². The lowest BCUT2D eigenvalue weighted by Gasteiger charge is -2.34. The van der Waals surface area contributed by atoms with E-state index >= 15 is 0 Å². The topological polar surface area (TPSA) is 72.9 Å². The van der Waals surface area contributed by atoms with E-state index in [0.29, 0.717) is 18.1 Å². The summed E-state index contributed by atoms with van der Waals surface area (Å²) in [6.07, 6.45) is -3.77. The van der Waals surface area contributed by atoms with Gasteiger partial charge in [0.1, 0.15) is 18.2 Å². The molecule has 0 spiro atoms. The van der Waals surface area contributed by atoms with E-state index in [2.05, 4.69) is 5.32 Å². The standard InChI is InChI=1S/C33H38F3N3O4/c1-20-14-22(15-23-12-13-37-16-25(20)23)18-43-30-24(8-6-9-26(30)33(34,35)36)27-10-7-11-29(38-27)39-17-21(2)32(3,31(40)42-5)28(39)19-41-4/h6-11,14-15,21,28,37H,12-13,16-19H2,1-5H3/t21-,28+,32+/m0/s1. The Morgan fingerprint density at radius 3 is 2.65 bits per heavy atom. The summed E-state index contributed by atoms with van der Waals surface area (Å²) in [5.41, 5.74) is 3.18. The van der Waals surface area contributed by atoms with Crippen molar-refractivity contribution >= 4 is 11.8 Å². The lowest BCUT2D eigenvalue weighted by Crippen LogP contribution is -2.48. The summed E-state index contributed by atoms with van der Waals surface area (Å²) in [6, 6.07) is 12.8. The van der Waals surface area contributed by atoms with Crippen LogP contribution in [0, 0.1) is 18.3 Å². The number of aryl methyl sites for hydroxylation is 1. The maximum Gasteiger partial charge on any atom is 0.419 e. The number of rotatable bonds is 8. The summed E-state index contributed by atoms with van der Waals surface area (Å²) in [4.78, 5) is 19.7. The van der Waals surface area contributed by atoms with Crippen molar-refractivity contribution in [3.05, 3.63) is 76.3 Å². The molecule has 2 aliphatic rings. The molecule has 43 heavy (non-hydrogen) atoms. The predicted octanol–water partition coefficient (Wildman–Crippen LogP) is 5.95. The van der Waals surface area contributed by atoms with E-state index < -0.39 is 17.2 Å². The van der Waals surface area contributed by atoms with E-state index in [9.17, 15) is 18.0 Å². The first-order valence-electron chi connectivity index (χ1n) is 14.5. The van der Waals surface area contributed by atoms with Gasteiger partial charge in [-0.3, -0.25) is 4.79 Å². The Morgan fingerprint density at radius 2 is 1.93 bits per heavy atom. The number of nitrogens with one attached hydrogen (secondary N) is 1. The van der Waals surface area contributed by atoms with Crippen LogP contribution < -0.4 is 15.0 Å². The summed E-state index contributed by atoms with van der Waals surface area (Å²) in [5.74, 6) is -0.169. The van der Waals surface area contributed by atoms with Crippen molar-refractivity contribution < 1.29 is 32.2 Å². The molecule has 1 saturated heterocycles. The number of aromatic nitrogens is 1. The second kappa shape index (κ2) is 12.2. The monoisotopic (exact) mass is 597 g/mol. The highest BCUT2D eigenvalue weighted by atomic mass is 19.4. The van der Waals surface area contributed by atoms with Crippen LogP contribution in [-0.4, -0.2) is 50.9 Å². The van der Waals surface area contributed by atoms with Gasteiger partial charge in [0.15, 0.2) is 0 Å². The lowest BCUT2D eigenvalue weighted by molar-refractivity contribution is -0.155. The van der Waals surface area contributed by atoms with E-state index in [1.165, 1.54) is 24.3 Å². The second-order valence-electron chi connectivity index (χ2n) is 11.6. The summed E-state index contributed by atoms with van der Waals surface area (Å²) >= 11 is 0. The van der Waals surface area contributed by atoms with Gasteiger partial charge < -0.3 is 24.4 Å². The van der Waals surface area contributed by atoms with Gasteiger partial charge in [-0.1, -0.05) is 31.2 Å². The first-order valence-corrected chi connectivity index (χ1v) is 14.5. The lowest BCUT2D eigenvalue weighted by atomic mass is 9.76. The van der Waals surface area contributed by atoms with Gasteiger partial charge in [0.2, 0.25) is 0 Å². The maximum atomic E-state index is 14.3. The number of nitrogens with zero attached hydrogens (tertiary/aromatic N) is 2. The zero-order valence-electron chi connectivity index (χ0n) is 25.2. The molecule has 1 N–H and O–H groups in total. The summed E-state index contributed by atoms with van der Waals surface area (Å²) in [6.45, 7) is 8.21. The second-order valence-corrected chi connectivity index (χ2v) is 11.6. The molecule has 0 radical (unpaired) electrons. The molecule has 0 amide bonds. The van der Waals surface area contributed by atoms with Crippen LogP contribution in [0.15, 0.2) is 48.5 Å². The fourth-order valence-electron chi connectivity index (χ4n) is 6.47. The average molecular weight is 598 g/mol. The number of hydrogen-bond donors (Lipinski definition) is 1. The third-order valence-electron chi connectivity index (χ3n) is 9.02. The Kier molecular flexibility index (Phi) is 8.72. The van der Waals surface area contributed by atoms with Gasteiger partial charge in [-0.15, -0.1) is 0 Å². The Hall–Kier alpha value is -3.63. The zero-order valence-corrected chi connectivity index (χ0v) is 25.2. The number of methoxy groups -OCH3 is 2. The largest absolute Gasteiger partial charge is 0.488 e. The maximum absolute atomic E-state index is 14.3. The van der Waals surface area contributed by atoms with Crippen LogP contribution in [-0.2, 0) is 40.0 Å². The van der Waals surface area contributed by atoms with Crippen molar-refractivity contribution in [3.63, 3.8) is 0 Å². The highest BCUT2D eigenvalue weighted by Gasteiger charge is 2.55. The molecular formula is C33H38F3N3O4. The molecule has 230 valence electrons. The molecular weight excluding hydrogens is 559 g/mol. The SMILES string of the molecule is COC[C@H]1N(c2cccc(-c3cccc(C(F)(F)F)c3OCc3cc(C)c4c(c3)CCNC4)n2)C[C@H](C)[C@@]1(C)C(=O)OC. The molecule has 7 nitrogen and oxygen atoms in total. The number of carbonyl (C=O) groups is 1. The van der Waals surface area contributed by atoms with Crippen LogP contribution in [0.25, 0.3) is 11.3 Å². The minimum Gasteiger partial charge on any atom is -0.488 e. The van der Waals surface area contributed by atoms with Crippen LogP contribution in [0.1, 0.15) is 41.7 Å². The zero-order chi connectivity index (χ0) is 30.9. The number of alkyl halides is 3. The van der Waals surface area contributed by atoms with Crippen LogP contribution in [0.3, 0.4) is 0 Å². The Labute approximate surface area is 250 Å². The first-order chi connectivity index (χ1) is 20.5. The number of pyridine rings is 1. The molecule has 0 saturated carbocycles. The van der Waals surface area contributed by atoms with Crippen molar-refractivity contribution in [2.24, 2.45) is 11.3 Å². The molecule has 3 atom stereocenters. The van der Waals surface area contributed by atoms with Gasteiger partial charge >= 0.3 is 12.1 Å². The number of anilines is 1. The number of carbonyl (C=O) groups excluding carboxylic acids is 1. The fraction of sp³-hybridized carbons (Fsp3) is 0.455. The molecule has 0 unspecified atom stereocenters. The molecule has 0 aliphatic carbocycles. The van der Waals surface area contributed by atoms with E-state index in [1.54, 1.807) is 31.4 Å². The number of esters is 1. The minimum absolute atomic E-state index is 0.0155. The molecule has 0 bridgehead atoms. The summed E-state index contributed by atoms with van der Waals surface area (Å²) in [7, 11) is 2.93. The van der Waals surface area contributed by atoms with E-state index in [0.717, 1.165) is 36.7 Å². The van der Waals surface area contributed by atoms with Gasteiger partial charge in [0.25, 0.3) is 0 Å². The van der Waals surface area contributed by atoms with Gasteiger partial charge in [0, 0.05) is 25.8 Å². The Morgan fingerprint density at radius 1 is 1.16 bits per heavy atom. The van der Waals surface area contributed by atoms with E-state index in [1.807, 2.05) is 37.8 Å². The van der Waals surface area contributed by atoms with Crippen molar-refractivity contribution in [3.8, 4) is 17.0 Å². The predicted molar refractivity (Wildman–Crippen MR) is 158 cm³/mol. The quantitative estimate of drug-likeness (QED) is 0.322. The van der Waals surface area contributed by atoms with Crippen molar-refractivity contribution in [2.75, 3.05) is 38.8 Å². The fourth-order valence-corrected chi connectivity index (χ4v) is 6.47. The molecule has 3 aromatic rings. The van der Waals surface area contributed by atoms with Crippen molar-refractivity contribution in [1.29, 1.82) is 0 Å². The number of ether oxygens (including phenoxy) is 3. The van der Waals surface area contributed by atoms with Gasteiger partial charge in [0.05, 0.1) is 36.4 Å². The molecule has 3 heterocycles. The first kappa shape index (κ1) is 30.8. The van der Waals surface area contributed by atoms with Crippen molar-refractivity contribution in [2.45, 2.75) is 52.6 Å². The van der Waals surface area contributed by atoms with Crippen LogP contribution in [0.4, 0.5) is 19.0 Å². The summed E-state index contributed by atoms with van der Waals surface area (Å²) < 4.78 is 59.5. The van der Waals surface area contributed by atoms with Crippen LogP contribution in [0.2, 0.25) is 0 Å². The van der Waals surface area contributed by atoms with Crippen molar-refractivity contribution in [1.82, 2.24) is 10.3 Å². The third kappa shape index (κ3) is 5.82. The van der Waals surface area contributed by atoms with E-state index in [-0.39, 0.29) is 42.5 Å². The normalized spacial score (nSPS) is 21.9. The van der Waals surface area contributed by atoms with E-state index in [4.69, 9.17) is 19.2 Å². The van der Waals surface area contributed by atoms with Gasteiger partial charge in [-0.05, 0) is 79.3 Å². The number of fused-ring (bicyclic) bond motifs is 1. The highest BCUT2D eigenvalue weighted by Crippen LogP contribution is 2.46. The Bertz CT molecular complexity index is 1490. The number of benzene rings is 2. The summed E-state index contributed by atoms with van der Waals surface area (Å²) in [5, 5.41) is 3.36. The molecule has 1 fully saturated rings. The smallest absolute Gasteiger partial charge is 0.419 e. The Balaban J connectivity index is 1.52. The number of hydrogen-bond acceptors (Lipinski definition) is 7. The molecule has 5 rings (SSSR count). The molecule has 2 aliphatic heterocycles. The minimum atomic E-state index is -4.63. The average Bonchev–Trinajstić information content (AvgIpc) is 3.25. The molecule has 1 aromatic heterocycles. The molecule has 10 heteroatoms. The van der Waals surface area contributed by atoms with Crippen LogP contribution in [0.5, 0.6) is 5.75 Å².